The predicted molar refractivity (Wildman–Crippen MR) is 348 cm³/mol. The third kappa shape index (κ3) is 56.6. The Bertz CT molecular complexity index is 2010. The Morgan fingerprint density at radius 3 is 0.500 bits per heavy atom. The molecule has 0 saturated carbocycles. The molecule has 0 unspecified atom stereocenters. The molecule has 96 heavy (non-hydrogen) atoms. The maximum absolute atomic E-state index is 13.4. The minimum absolute atomic E-state index is 0.0275. The first-order valence-electron chi connectivity index (χ1n) is 33.1. The van der Waals surface area contributed by atoms with E-state index in [1.165, 1.54) is 0 Å². The maximum atomic E-state index is 13.4. The van der Waals surface area contributed by atoms with Crippen molar-refractivity contribution in [3.05, 3.63) is 0 Å². The van der Waals surface area contributed by atoms with Gasteiger partial charge in [-0.3, -0.25) is 67.1 Å². The molecule has 0 aromatic heterocycles. The van der Waals surface area contributed by atoms with Crippen LogP contribution in [0.3, 0.4) is 0 Å². The van der Waals surface area contributed by atoms with Crippen molar-refractivity contribution < 1.29 is 108 Å². The van der Waals surface area contributed by atoms with Crippen LogP contribution < -0.4 is 31.9 Å². The molecule has 0 saturated heterocycles. The first-order valence-corrected chi connectivity index (χ1v) is 33.1. The summed E-state index contributed by atoms with van der Waals surface area (Å²) in [5, 5.41) is 89.9. The van der Waals surface area contributed by atoms with Crippen LogP contribution in [0.25, 0.3) is 0 Å². The minimum Gasteiger partial charge on any atom is -0.481 e. The first-order chi connectivity index (χ1) is 45.6. The van der Waals surface area contributed by atoms with Gasteiger partial charge in [-0.15, -0.1) is 0 Å². The van der Waals surface area contributed by atoms with E-state index in [0.29, 0.717) is 19.6 Å². The van der Waals surface area contributed by atoms with Crippen LogP contribution in [0, 0.1) is 0 Å². The smallest absolute Gasteiger partial charge is 0.304 e. The number of amides is 6. The van der Waals surface area contributed by atoms with Gasteiger partial charge in [0.2, 0.25) is 35.4 Å². The molecule has 0 aliphatic carbocycles. The molecule has 0 fully saturated rings. The number of nitrogens with one attached hydrogen (secondary N) is 6. The van der Waals surface area contributed by atoms with Gasteiger partial charge in [0.1, 0.15) is 0 Å². The monoisotopic (exact) mass is 1380 g/mol. The quantitative estimate of drug-likeness (QED) is 0.0290. The summed E-state index contributed by atoms with van der Waals surface area (Å²) < 4.78 is 0. The number of nitrogens with zero attached hydrogens (tertiary/aromatic N) is 7. The number of carbonyl (C=O) groups is 14. The van der Waals surface area contributed by atoms with Gasteiger partial charge >= 0.3 is 47.8 Å². The summed E-state index contributed by atoms with van der Waals surface area (Å²) in [6, 6.07) is 0. The largest absolute Gasteiger partial charge is 0.481 e. The van der Waals surface area contributed by atoms with Crippen molar-refractivity contribution in [3.8, 4) is 0 Å². The Morgan fingerprint density at radius 1 is 0.198 bits per heavy atom. The van der Waals surface area contributed by atoms with Gasteiger partial charge in [-0.1, -0.05) is 32.6 Å². The van der Waals surface area contributed by atoms with Crippen molar-refractivity contribution in [2.24, 2.45) is 0 Å². The molecule has 14 N–H and O–H groups in total. The minimum atomic E-state index is -1.06. The van der Waals surface area contributed by atoms with E-state index in [1.54, 1.807) is 19.6 Å². The lowest BCUT2D eigenvalue weighted by Gasteiger charge is -2.24. The number of unbranched alkanes of at least 4 members (excludes halogenated alkanes) is 4. The van der Waals surface area contributed by atoms with E-state index >= 15 is 0 Å². The predicted octanol–water partition coefficient (Wildman–Crippen LogP) is -2.09. The lowest BCUT2D eigenvalue weighted by Crippen LogP contribution is -2.42. The molecule has 0 aliphatic rings. The summed E-state index contributed by atoms with van der Waals surface area (Å²) in [5.74, 6) is -10.5. The standard InChI is InChI=1S/C61H109N13O22/c1-2-3-4-5-6-27-68(28-7-48(75)62-21-42-69(30-9-50(77)64-23-44-71(34-13-54(81)82)35-14-55(83)84)31-10-51(78)65-24-45-72(36-15-56(85)86)37-16-57(87)88)29-8-49(76)63-22-43-70(32-11-52(79)66-25-46-73(38-17-58(89)90)39-18-59(91)92)33-12-53(80)67-26-47-74(40-19-60(93)94)41-20-61(95)96/h2-47H2,1H3,(H,62,75)(H,63,76)(H,64,77)(H,65,78)(H,66,79)(H,67,80)(H,81,82)(H,83,84)(H,85,86)(H,87,88)(H,89,90)(H,91,92)(H,93,94)(H,95,96). The van der Waals surface area contributed by atoms with Gasteiger partial charge in [-0.05, 0) is 13.0 Å². The fourth-order valence-electron chi connectivity index (χ4n) is 9.53. The Balaban J connectivity index is 5.95. The lowest BCUT2D eigenvalue weighted by molar-refractivity contribution is -0.139. The molecule has 35 nitrogen and oxygen atoms in total. The van der Waals surface area contributed by atoms with Crippen molar-refractivity contribution in [1.29, 1.82) is 0 Å². The molecule has 550 valence electrons. The van der Waals surface area contributed by atoms with Gasteiger partial charge in [-0.2, -0.15) is 0 Å². The molecule has 0 radical (unpaired) electrons. The van der Waals surface area contributed by atoms with Crippen LogP contribution in [0.2, 0.25) is 0 Å². The number of carboxylic acids is 8. The second-order valence-corrected chi connectivity index (χ2v) is 23.1. The summed E-state index contributed by atoms with van der Waals surface area (Å²) in [6.45, 7) is 6.54. The maximum Gasteiger partial charge on any atom is 0.304 e. The van der Waals surface area contributed by atoms with Crippen molar-refractivity contribution >= 4 is 83.2 Å². The zero-order chi connectivity index (χ0) is 71.9. The van der Waals surface area contributed by atoms with Gasteiger partial charge in [0, 0.05) is 209 Å². The van der Waals surface area contributed by atoms with Crippen LogP contribution in [-0.2, 0) is 67.1 Å². The number of hydrogen-bond donors (Lipinski definition) is 14. The Labute approximate surface area is 561 Å². The fraction of sp³-hybridized carbons (Fsp3) is 0.770. The van der Waals surface area contributed by atoms with E-state index in [2.05, 4.69) is 38.8 Å². The third-order valence-corrected chi connectivity index (χ3v) is 15.1. The Kier molecular flexibility index (Phi) is 51.9. The summed E-state index contributed by atoms with van der Waals surface area (Å²) in [6.07, 6.45) is 3.11. The summed E-state index contributed by atoms with van der Waals surface area (Å²) >= 11 is 0. The van der Waals surface area contributed by atoms with Crippen LogP contribution in [0.4, 0.5) is 0 Å². The van der Waals surface area contributed by atoms with Gasteiger partial charge in [0.05, 0.1) is 51.4 Å². The highest BCUT2D eigenvalue weighted by atomic mass is 16.4. The van der Waals surface area contributed by atoms with E-state index in [0.717, 1.165) is 32.1 Å². The topological polar surface area (TPSA) is 496 Å². The number of carbonyl (C=O) groups excluding carboxylic acids is 6. The van der Waals surface area contributed by atoms with Gasteiger partial charge in [0.15, 0.2) is 0 Å². The highest BCUT2D eigenvalue weighted by Crippen LogP contribution is 2.07. The van der Waals surface area contributed by atoms with E-state index in [9.17, 15) is 67.1 Å². The Hall–Kier alpha value is -7.70. The number of hydrogen-bond acceptors (Lipinski definition) is 21. The summed E-state index contributed by atoms with van der Waals surface area (Å²) in [4.78, 5) is 180. The van der Waals surface area contributed by atoms with E-state index in [-0.39, 0.29) is 282 Å². The molecule has 0 rings (SSSR count). The summed E-state index contributed by atoms with van der Waals surface area (Å²) in [7, 11) is 0. The molecule has 0 spiro atoms. The zero-order valence-electron chi connectivity index (χ0n) is 56.0. The van der Waals surface area contributed by atoms with Crippen molar-refractivity contribution in [2.45, 2.75) is 129 Å². The number of rotatable bonds is 66. The van der Waals surface area contributed by atoms with Crippen LogP contribution in [-0.4, -0.2) is 335 Å². The van der Waals surface area contributed by atoms with Crippen LogP contribution in [0.15, 0.2) is 0 Å². The molecule has 35 heteroatoms. The second-order valence-electron chi connectivity index (χ2n) is 23.1. The third-order valence-electron chi connectivity index (χ3n) is 15.1. The van der Waals surface area contributed by atoms with E-state index in [4.69, 9.17) is 40.9 Å². The van der Waals surface area contributed by atoms with Gasteiger partial charge in [0.25, 0.3) is 0 Å². The normalized spacial score (nSPS) is 11.3. The average Bonchev–Trinajstić information content (AvgIpc) is 3.50. The van der Waals surface area contributed by atoms with Crippen LogP contribution in [0.1, 0.15) is 129 Å². The van der Waals surface area contributed by atoms with Crippen molar-refractivity contribution in [2.75, 3.05) is 177 Å². The molecular formula is C61H109N13O22. The van der Waals surface area contributed by atoms with Gasteiger partial charge < -0.3 is 107 Å². The van der Waals surface area contributed by atoms with E-state index < -0.39 is 47.8 Å². The molecule has 0 aromatic rings. The lowest BCUT2D eigenvalue weighted by atomic mass is 10.1. The molecule has 6 amide bonds. The first kappa shape index (κ1) is 88.3. The number of carboxylic acid groups (broad SMARTS) is 8. The number of aliphatic carboxylic acids is 8. The Morgan fingerprint density at radius 2 is 0.344 bits per heavy atom. The highest BCUT2D eigenvalue weighted by molar-refractivity contribution is 5.79. The molecule has 0 atom stereocenters. The van der Waals surface area contributed by atoms with E-state index in [1.807, 2.05) is 14.7 Å². The van der Waals surface area contributed by atoms with Crippen LogP contribution in [0.5, 0.6) is 0 Å². The average molecular weight is 1380 g/mol. The fourth-order valence-corrected chi connectivity index (χ4v) is 9.53. The van der Waals surface area contributed by atoms with Crippen molar-refractivity contribution in [1.82, 2.24) is 66.2 Å². The van der Waals surface area contributed by atoms with Crippen molar-refractivity contribution in [3.63, 3.8) is 0 Å². The summed E-state index contributed by atoms with van der Waals surface area (Å²) in [5.41, 5.74) is 0. The second kappa shape index (κ2) is 56.5. The molecule has 0 aromatic carbocycles. The molecule has 0 bridgehead atoms. The molecule has 0 aliphatic heterocycles. The highest BCUT2D eigenvalue weighted by Gasteiger charge is 2.19. The van der Waals surface area contributed by atoms with Gasteiger partial charge in [-0.25, -0.2) is 0 Å². The SMILES string of the molecule is CCCCCCCN(CCC(=O)NCCN(CCC(=O)NCCN(CCC(=O)O)CCC(=O)O)CCC(=O)NCCN(CCC(=O)O)CCC(=O)O)CCC(=O)NCCN(CCC(=O)NCCN(CCC(=O)O)CCC(=O)O)CCC(=O)NCCN(CCC(=O)O)CCC(=O)O. The molecule has 0 heterocycles. The van der Waals surface area contributed by atoms with Crippen LogP contribution >= 0.6 is 0 Å². The zero-order valence-corrected chi connectivity index (χ0v) is 56.0. The molecular weight excluding hydrogens is 1270 g/mol.